The molecule has 0 aromatic heterocycles. The highest BCUT2D eigenvalue weighted by Gasteiger charge is 2.49. The fraction of sp³-hybridized carbons (Fsp3) is 0.929. The van der Waals surface area contributed by atoms with Gasteiger partial charge in [-0.3, -0.25) is 4.79 Å². The Bertz CT molecular complexity index is 267. The number of rotatable bonds is 5. The van der Waals surface area contributed by atoms with Gasteiger partial charge in [0.2, 0.25) is 0 Å². The average molecular weight is 352 g/mol. The van der Waals surface area contributed by atoms with Gasteiger partial charge in [-0.1, -0.05) is 50.3 Å². The van der Waals surface area contributed by atoms with Crippen molar-refractivity contribution in [1.29, 1.82) is 0 Å². The zero-order chi connectivity index (χ0) is 13.1. The Morgan fingerprint density at radius 1 is 1.35 bits per heavy atom. The number of carbonyl (C=O) groups is 1. The highest BCUT2D eigenvalue weighted by Crippen LogP contribution is 2.48. The Morgan fingerprint density at radius 2 is 1.88 bits per heavy atom. The van der Waals surface area contributed by atoms with Crippen LogP contribution in [0.5, 0.6) is 0 Å². The third kappa shape index (κ3) is 3.15. The molecule has 1 fully saturated rings. The number of alkyl halides is 1. The van der Waals surface area contributed by atoms with Gasteiger partial charge in [-0.15, -0.1) is 0 Å². The summed E-state index contributed by atoms with van der Waals surface area (Å²) in [4.78, 5) is 12.1. The van der Waals surface area contributed by atoms with Crippen molar-refractivity contribution in [2.24, 2.45) is 5.41 Å². The molecule has 0 bridgehead atoms. The number of ether oxygens (including phenoxy) is 1. The minimum absolute atomic E-state index is 0.00210. The van der Waals surface area contributed by atoms with E-state index in [4.69, 9.17) is 4.74 Å². The molecule has 0 radical (unpaired) electrons. The van der Waals surface area contributed by atoms with Gasteiger partial charge < -0.3 is 4.74 Å². The average Bonchev–Trinajstić information content (AvgIpc) is 2.78. The number of halogens is 1. The zero-order valence-corrected chi connectivity index (χ0v) is 13.7. The van der Waals surface area contributed by atoms with Crippen molar-refractivity contribution in [2.45, 2.75) is 75.7 Å². The largest absolute Gasteiger partial charge is 0.458 e. The zero-order valence-electron chi connectivity index (χ0n) is 11.5. The molecule has 17 heavy (non-hydrogen) atoms. The molecule has 1 rings (SSSR count). The molecular formula is C14H25IO2. The van der Waals surface area contributed by atoms with Crippen molar-refractivity contribution >= 4 is 28.6 Å². The third-order valence-corrected chi connectivity index (χ3v) is 5.83. The Kier molecular flexibility index (Phi) is 5.29. The lowest BCUT2D eigenvalue weighted by atomic mass is 9.71. The van der Waals surface area contributed by atoms with Crippen LogP contribution >= 0.6 is 22.6 Å². The predicted octanol–water partition coefficient (Wildman–Crippen LogP) is 4.49. The van der Waals surface area contributed by atoms with Gasteiger partial charge in [0.1, 0.15) is 9.53 Å². The molecule has 1 aliphatic carbocycles. The Hall–Kier alpha value is 0.200. The fourth-order valence-corrected chi connectivity index (χ4v) is 2.74. The molecule has 0 aromatic carbocycles. The van der Waals surface area contributed by atoms with E-state index >= 15 is 0 Å². The molecule has 0 aliphatic heterocycles. The van der Waals surface area contributed by atoms with E-state index in [9.17, 15) is 4.79 Å². The van der Waals surface area contributed by atoms with Crippen LogP contribution in [0.1, 0.15) is 66.2 Å². The van der Waals surface area contributed by atoms with E-state index in [0.717, 1.165) is 25.7 Å². The summed E-state index contributed by atoms with van der Waals surface area (Å²) in [5.74, 6) is -0.0171. The lowest BCUT2D eigenvalue weighted by molar-refractivity contribution is -0.173. The number of esters is 1. The molecule has 2 nitrogen and oxygen atoms in total. The minimum Gasteiger partial charge on any atom is -0.458 e. The molecule has 100 valence electrons. The molecule has 0 spiro atoms. The van der Waals surface area contributed by atoms with Gasteiger partial charge in [-0.05, 0) is 38.5 Å². The van der Waals surface area contributed by atoms with E-state index in [-0.39, 0.29) is 20.9 Å². The highest BCUT2D eigenvalue weighted by atomic mass is 127. The third-order valence-electron chi connectivity index (χ3n) is 4.44. The first-order valence-corrected chi connectivity index (χ1v) is 8.00. The number of hydrogen-bond donors (Lipinski definition) is 0. The summed E-state index contributed by atoms with van der Waals surface area (Å²) in [6.45, 7) is 8.69. The van der Waals surface area contributed by atoms with Gasteiger partial charge in [0, 0.05) is 5.41 Å². The van der Waals surface area contributed by atoms with Crippen LogP contribution in [0.4, 0.5) is 0 Å². The van der Waals surface area contributed by atoms with E-state index in [2.05, 4.69) is 43.4 Å². The topological polar surface area (TPSA) is 26.3 Å². The quantitative estimate of drug-likeness (QED) is 0.414. The van der Waals surface area contributed by atoms with Crippen molar-refractivity contribution in [2.75, 3.05) is 0 Å². The van der Waals surface area contributed by atoms with Gasteiger partial charge in [-0.25, -0.2) is 0 Å². The van der Waals surface area contributed by atoms with Crippen molar-refractivity contribution in [3.8, 4) is 0 Å². The molecule has 0 heterocycles. The summed E-state index contributed by atoms with van der Waals surface area (Å²) in [5.41, 5.74) is -0.124. The van der Waals surface area contributed by atoms with Crippen LogP contribution in [0.3, 0.4) is 0 Å². The maximum Gasteiger partial charge on any atom is 0.319 e. The lowest BCUT2D eigenvalue weighted by Gasteiger charge is -2.43. The van der Waals surface area contributed by atoms with E-state index in [1.165, 1.54) is 12.8 Å². The maximum atomic E-state index is 12.1. The maximum absolute atomic E-state index is 12.1. The van der Waals surface area contributed by atoms with Crippen LogP contribution in [0.2, 0.25) is 0 Å². The molecule has 0 aromatic rings. The van der Waals surface area contributed by atoms with E-state index in [1.54, 1.807) is 0 Å². The minimum atomic E-state index is -0.211. The fourth-order valence-electron chi connectivity index (χ4n) is 2.61. The van der Waals surface area contributed by atoms with Crippen molar-refractivity contribution in [1.82, 2.24) is 0 Å². The van der Waals surface area contributed by atoms with Crippen LogP contribution in [0.15, 0.2) is 0 Å². The second-order valence-electron chi connectivity index (χ2n) is 5.74. The van der Waals surface area contributed by atoms with Crippen LogP contribution in [0.25, 0.3) is 0 Å². The lowest BCUT2D eigenvalue weighted by Crippen LogP contribution is -2.47. The standard InChI is InChI=1S/C14H25IO2/c1-5-11(15)12(16)17-14(9-7-8-10-14)13(3,4)6-2/h11H,5-10H2,1-4H3. The van der Waals surface area contributed by atoms with Gasteiger partial charge in [0.15, 0.2) is 0 Å². The molecule has 1 atom stereocenters. The molecule has 0 saturated heterocycles. The monoisotopic (exact) mass is 352 g/mol. The van der Waals surface area contributed by atoms with Crippen molar-refractivity contribution in [3.05, 3.63) is 0 Å². The Labute approximate surface area is 119 Å². The second kappa shape index (κ2) is 5.89. The Morgan fingerprint density at radius 3 is 2.29 bits per heavy atom. The Balaban J connectivity index is 2.83. The highest BCUT2D eigenvalue weighted by molar-refractivity contribution is 14.1. The summed E-state index contributed by atoms with van der Waals surface area (Å²) in [6.07, 6.45) is 6.35. The molecule has 0 N–H and O–H groups in total. The predicted molar refractivity (Wildman–Crippen MR) is 79.5 cm³/mol. The van der Waals surface area contributed by atoms with Crippen LogP contribution < -0.4 is 0 Å². The van der Waals surface area contributed by atoms with Crippen molar-refractivity contribution < 1.29 is 9.53 Å². The summed E-state index contributed by atoms with van der Waals surface area (Å²) < 4.78 is 5.96. The normalized spacial score (nSPS) is 21.2. The summed E-state index contributed by atoms with van der Waals surface area (Å²) >= 11 is 2.19. The molecular weight excluding hydrogens is 327 g/mol. The van der Waals surface area contributed by atoms with Gasteiger partial charge in [-0.2, -0.15) is 0 Å². The molecule has 0 amide bonds. The van der Waals surface area contributed by atoms with Crippen LogP contribution in [-0.4, -0.2) is 15.5 Å². The van der Waals surface area contributed by atoms with Crippen LogP contribution in [-0.2, 0) is 9.53 Å². The first-order chi connectivity index (χ1) is 7.88. The second-order valence-corrected chi connectivity index (χ2v) is 7.24. The molecule has 1 aliphatic rings. The molecule has 1 unspecified atom stereocenters. The summed E-state index contributed by atoms with van der Waals surface area (Å²) in [5, 5.41) is 0. The van der Waals surface area contributed by atoms with Gasteiger partial charge in [0.05, 0.1) is 0 Å². The first kappa shape index (κ1) is 15.3. The van der Waals surface area contributed by atoms with Crippen LogP contribution in [0, 0.1) is 5.41 Å². The smallest absolute Gasteiger partial charge is 0.319 e. The SMILES string of the molecule is CCC(I)C(=O)OC1(C(C)(C)CC)CCCC1. The van der Waals surface area contributed by atoms with Crippen molar-refractivity contribution in [3.63, 3.8) is 0 Å². The number of carbonyl (C=O) groups excluding carboxylic acids is 1. The summed E-state index contributed by atoms with van der Waals surface area (Å²) in [6, 6.07) is 0. The summed E-state index contributed by atoms with van der Waals surface area (Å²) in [7, 11) is 0. The van der Waals surface area contributed by atoms with E-state index in [0.29, 0.717) is 0 Å². The van der Waals surface area contributed by atoms with E-state index < -0.39 is 0 Å². The van der Waals surface area contributed by atoms with Gasteiger partial charge in [0.25, 0.3) is 0 Å². The first-order valence-electron chi connectivity index (χ1n) is 6.75. The van der Waals surface area contributed by atoms with Gasteiger partial charge >= 0.3 is 5.97 Å². The molecule has 1 saturated carbocycles. The van der Waals surface area contributed by atoms with E-state index in [1.807, 2.05) is 6.92 Å². The number of hydrogen-bond acceptors (Lipinski definition) is 2. The molecule has 3 heteroatoms.